The van der Waals surface area contributed by atoms with Crippen LogP contribution in [0.15, 0.2) is 193 Å². The number of nitrogens with zero attached hydrogens (tertiary/aromatic N) is 5. The Morgan fingerprint density at radius 1 is 0.753 bits per heavy atom. The molecule has 11 unspecified atom stereocenters. The Labute approximate surface area is 424 Å². The number of hydrogen-bond acceptors (Lipinski definition) is 9. The molecule has 16 rings (SSSR count). The third-order valence-electron chi connectivity index (χ3n) is 18.0. The molecular formula is C64H54N6O3. The number of para-hydroxylation sites is 3. The van der Waals surface area contributed by atoms with Crippen molar-refractivity contribution >= 4 is 51.3 Å². The molecule has 0 saturated carbocycles. The zero-order chi connectivity index (χ0) is 47.9. The molecule has 11 aliphatic rings. The number of aryl methyl sites for hydroxylation is 1. The van der Waals surface area contributed by atoms with Crippen LogP contribution < -0.4 is 20.7 Å². The largest absolute Gasteiger partial charge is 0.485 e. The van der Waals surface area contributed by atoms with E-state index in [9.17, 15) is 5.26 Å². The van der Waals surface area contributed by atoms with Crippen molar-refractivity contribution in [1.29, 1.82) is 5.26 Å². The second-order valence-corrected chi connectivity index (χ2v) is 21.7. The van der Waals surface area contributed by atoms with Gasteiger partial charge in [0.25, 0.3) is 0 Å². The van der Waals surface area contributed by atoms with E-state index in [0.29, 0.717) is 12.8 Å². The SMILES string of the molecule is N#CC1=C(N2C3=C(C4C=CC=CC42)C2c4ccccc4OC2C=C3)CC(N2C3=C(c4c(oc5ccccc45)CC3)C3C=CC=CC32)C(C2=NC(C3C=CCCC3)N=C(C3C=c4c(oc5ccccc45)=CC3)N2)C1. The van der Waals surface area contributed by atoms with Gasteiger partial charge in [0, 0.05) is 98.3 Å². The lowest BCUT2D eigenvalue weighted by Crippen LogP contribution is -2.55. The Balaban J connectivity index is 0.871. The molecule has 1 N–H and O–H groups in total. The lowest BCUT2D eigenvalue weighted by molar-refractivity contribution is 0.157. The van der Waals surface area contributed by atoms with Crippen LogP contribution in [0.25, 0.3) is 39.7 Å². The number of benzene rings is 3. The fourth-order valence-corrected chi connectivity index (χ4v) is 14.9. The Bertz CT molecular complexity index is 3780. The molecular weight excluding hydrogens is 901 g/mol. The zero-order valence-electron chi connectivity index (χ0n) is 40.5. The summed E-state index contributed by atoms with van der Waals surface area (Å²) in [7, 11) is 0. The quantitative estimate of drug-likeness (QED) is 0.175. The minimum atomic E-state index is -0.272. The summed E-state index contributed by atoms with van der Waals surface area (Å²) >= 11 is 0. The van der Waals surface area contributed by atoms with E-state index in [1.165, 1.54) is 39.1 Å². The maximum Gasteiger partial charge on any atom is 0.149 e. The number of amidine groups is 2. The predicted octanol–water partition coefficient (Wildman–Crippen LogP) is 11.0. The number of furan rings is 2. The highest BCUT2D eigenvalue weighted by atomic mass is 16.5. The van der Waals surface area contributed by atoms with Gasteiger partial charge < -0.3 is 28.7 Å². The molecule has 4 aliphatic heterocycles. The summed E-state index contributed by atoms with van der Waals surface area (Å²) in [6, 6.07) is 28.5. The lowest BCUT2D eigenvalue weighted by atomic mass is 9.76. The molecule has 2 aromatic heterocycles. The fourth-order valence-electron chi connectivity index (χ4n) is 14.9. The van der Waals surface area contributed by atoms with Crippen molar-refractivity contribution in [3.63, 3.8) is 0 Å². The maximum atomic E-state index is 11.7. The van der Waals surface area contributed by atoms with E-state index in [1.54, 1.807) is 0 Å². The highest BCUT2D eigenvalue weighted by molar-refractivity contribution is 6.07. The standard InChI is InChI=1S/C64H54N6O3/c65-35-38-33-45(64-67-62(36-14-2-1-3-15-36)66-63(68-64)37-26-29-55-44(32-37)39-16-6-11-23-52(39)71-55)51(70-47-22-10-5-18-41(47)59-49(70)28-31-57-61(59)43-20-8-13-25-54(43)73-57)34-50(38)69-46-21-9-4-17-40(46)58-48(69)27-30-56-60(58)42-19-7-12-24-53(42)72-56/h2,4-14,16-25,27,29-30,32,36-37,40-41,45-47,51,56,60,62H,1,3,15,26,28,31,33-34H2,(H,66,67,68). The van der Waals surface area contributed by atoms with E-state index in [2.05, 4.69) is 173 Å². The smallest absolute Gasteiger partial charge is 0.149 e. The first-order chi connectivity index (χ1) is 36.1. The van der Waals surface area contributed by atoms with Crippen LogP contribution in [0.5, 0.6) is 5.75 Å². The van der Waals surface area contributed by atoms with Gasteiger partial charge in [0.05, 0.1) is 24.1 Å². The van der Waals surface area contributed by atoms with E-state index in [1.807, 2.05) is 6.07 Å². The van der Waals surface area contributed by atoms with Crippen LogP contribution in [0.4, 0.5) is 0 Å². The van der Waals surface area contributed by atoms with Gasteiger partial charge in [-0.3, -0.25) is 0 Å². The van der Waals surface area contributed by atoms with Crippen molar-refractivity contribution in [2.24, 2.45) is 39.6 Å². The number of nitrogens with one attached hydrogen (secondary N) is 1. The highest BCUT2D eigenvalue weighted by Gasteiger charge is 2.54. The molecule has 6 heterocycles. The Morgan fingerprint density at radius 2 is 1.55 bits per heavy atom. The summed E-state index contributed by atoms with van der Waals surface area (Å²) in [6.07, 6.45) is 39.0. The van der Waals surface area contributed by atoms with Crippen LogP contribution in [0.1, 0.15) is 67.8 Å². The minimum absolute atomic E-state index is 0.00494. The van der Waals surface area contributed by atoms with Gasteiger partial charge in [-0.2, -0.15) is 5.26 Å². The number of nitriles is 1. The number of rotatable bonds is 5. The third kappa shape index (κ3) is 6.19. The van der Waals surface area contributed by atoms with E-state index >= 15 is 0 Å². The van der Waals surface area contributed by atoms with E-state index in [-0.39, 0.29) is 65.9 Å². The van der Waals surface area contributed by atoms with Crippen molar-refractivity contribution in [2.45, 2.75) is 87.7 Å². The predicted molar refractivity (Wildman–Crippen MR) is 286 cm³/mol. The van der Waals surface area contributed by atoms with Crippen LogP contribution in [0.3, 0.4) is 0 Å². The summed E-state index contributed by atoms with van der Waals surface area (Å²) in [4.78, 5) is 16.7. The molecule has 7 aliphatic carbocycles. The summed E-state index contributed by atoms with van der Waals surface area (Å²) in [5.74, 6) is 4.41. The molecule has 3 aromatic carbocycles. The molecule has 0 bridgehead atoms. The number of aliphatic imine (C=N–C) groups is 2. The Morgan fingerprint density at radius 3 is 2.42 bits per heavy atom. The second-order valence-electron chi connectivity index (χ2n) is 21.7. The number of hydrogen-bond donors (Lipinski definition) is 1. The van der Waals surface area contributed by atoms with E-state index < -0.39 is 0 Å². The topological polar surface area (TPSA) is 103 Å². The molecule has 0 spiro atoms. The maximum absolute atomic E-state index is 11.7. The second kappa shape index (κ2) is 16.1. The van der Waals surface area contributed by atoms with Gasteiger partial charge >= 0.3 is 0 Å². The van der Waals surface area contributed by atoms with Gasteiger partial charge in [-0.1, -0.05) is 121 Å². The zero-order valence-corrected chi connectivity index (χ0v) is 40.5. The summed E-state index contributed by atoms with van der Waals surface area (Å²) in [6.45, 7) is 0. The van der Waals surface area contributed by atoms with E-state index in [4.69, 9.17) is 23.6 Å². The molecule has 5 aromatic rings. The number of ether oxygens (including phenoxy) is 1. The summed E-state index contributed by atoms with van der Waals surface area (Å²) in [5, 5.41) is 19.2. The van der Waals surface area contributed by atoms with Crippen LogP contribution in [0.2, 0.25) is 0 Å². The lowest BCUT2D eigenvalue weighted by Gasteiger charge is -2.47. The first-order valence-corrected chi connectivity index (χ1v) is 26.7. The van der Waals surface area contributed by atoms with Crippen molar-refractivity contribution in [3.8, 4) is 11.8 Å². The molecule has 0 amide bonds. The molecule has 358 valence electrons. The van der Waals surface area contributed by atoms with Gasteiger partial charge in [-0.15, -0.1) is 0 Å². The van der Waals surface area contributed by atoms with Gasteiger partial charge in [0.15, 0.2) is 0 Å². The molecule has 11 atom stereocenters. The molecule has 73 heavy (non-hydrogen) atoms. The number of allylic oxidation sites excluding steroid dienone is 8. The summed E-state index contributed by atoms with van der Waals surface area (Å²) in [5.41, 5.74) is 12.7. The minimum Gasteiger partial charge on any atom is -0.485 e. The monoisotopic (exact) mass is 954 g/mol. The van der Waals surface area contributed by atoms with Crippen molar-refractivity contribution in [1.82, 2.24) is 15.1 Å². The van der Waals surface area contributed by atoms with Crippen molar-refractivity contribution < 1.29 is 13.6 Å². The Kier molecular flexibility index (Phi) is 9.20. The van der Waals surface area contributed by atoms with Crippen LogP contribution in [-0.4, -0.2) is 51.9 Å². The van der Waals surface area contributed by atoms with Crippen LogP contribution >= 0.6 is 0 Å². The van der Waals surface area contributed by atoms with Crippen LogP contribution in [-0.2, 0) is 6.42 Å². The average molecular weight is 955 g/mol. The Hall–Kier alpha value is -7.83. The van der Waals surface area contributed by atoms with Crippen molar-refractivity contribution in [2.75, 3.05) is 0 Å². The highest BCUT2D eigenvalue weighted by Crippen LogP contribution is 2.58. The molecule has 0 radical (unpaired) electrons. The molecule has 0 saturated heterocycles. The van der Waals surface area contributed by atoms with Gasteiger partial charge in [-0.25, -0.2) is 9.98 Å². The molecule has 9 heteroatoms. The molecule has 0 fully saturated rings. The first-order valence-electron chi connectivity index (χ1n) is 26.7. The number of fused-ring (bicyclic) bond motifs is 15. The van der Waals surface area contributed by atoms with Gasteiger partial charge in [0.2, 0.25) is 0 Å². The third-order valence-corrected chi connectivity index (χ3v) is 18.0. The van der Waals surface area contributed by atoms with Gasteiger partial charge in [0.1, 0.15) is 52.0 Å². The fraction of sp³-hybridized carbons (Fsp3) is 0.297. The van der Waals surface area contributed by atoms with Gasteiger partial charge in [-0.05, 0) is 86.1 Å². The molecule has 9 nitrogen and oxygen atoms in total. The van der Waals surface area contributed by atoms with Crippen LogP contribution in [0, 0.1) is 40.9 Å². The average Bonchev–Trinajstić information content (AvgIpc) is 4.29. The van der Waals surface area contributed by atoms with E-state index in [0.717, 1.165) is 100 Å². The normalized spacial score (nSPS) is 31.8. The van der Waals surface area contributed by atoms with Crippen molar-refractivity contribution in [3.05, 3.63) is 201 Å². The summed E-state index contributed by atoms with van der Waals surface area (Å²) < 4.78 is 19.7. The first kappa shape index (κ1) is 41.8.